The van der Waals surface area contributed by atoms with E-state index in [2.05, 4.69) is 4.98 Å². The molecule has 0 spiro atoms. The molecule has 4 aromatic rings. The highest BCUT2D eigenvalue weighted by molar-refractivity contribution is 7.98. The number of thioether (sulfide) groups is 1. The average Bonchev–Trinajstić information content (AvgIpc) is 3.27. The second-order valence-electron chi connectivity index (χ2n) is 8.15. The number of aromatic nitrogens is 2. The van der Waals surface area contributed by atoms with Gasteiger partial charge in [-0.3, -0.25) is 0 Å². The molecule has 3 aromatic carbocycles. The van der Waals surface area contributed by atoms with Gasteiger partial charge in [0.05, 0.1) is 26.0 Å². The maximum absolute atomic E-state index is 14.9. The molecule has 7 nitrogen and oxygen atoms in total. The van der Waals surface area contributed by atoms with E-state index in [1.54, 1.807) is 20.4 Å². The van der Waals surface area contributed by atoms with E-state index >= 15 is 0 Å². The number of carboxylic acids is 1. The molecule has 192 valence electrons. The van der Waals surface area contributed by atoms with E-state index < -0.39 is 17.6 Å². The van der Waals surface area contributed by atoms with Gasteiger partial charge in [-0.05, 0) is 47.5 Å². The van der Waals surface area contributed by atoms with Crippen molar-refractivity contribution in [2.45, 2.75) is 10.9 Å². The Morgan fingerprint density at radius 3 is 2.24 bits per heavy atom. The Labute approximate surface area is 217 Å². The van der Waals surface area contributed by atoms with Crippen molar-refractivity contribution in [2.24, 2.45) is 7.05 Å². The summed E-state index contributed by atoms with van der Waals surface area (Å²) in [6.07, 6.45) is 1.69. The first-order chi connectivity index (χ1) is 17.7. The molecule has 0 fully saturated rings. The minimum atomic E-state index is -1.07. The summed E-state index contributed by atoms with van der Waals surface area (Å²) in [6, 6.07) is 13.9. The van der Waals surface area contributed by atoms with Crippen molar-refractivity contribution in [1.82, 2.24) is 9.55 Å². The van der Waals surface area contributed by atoms with Crippen molar-refractivity contribution in [3.8, 4) is 22.6 Å². The fourth-order valence-electron chi connectivity index (χ4n) is 3.85. The Morgan fingerprint density at radius 2 is 1.65 bits per heavy atom. The maximum Gasteiger partial charge on any atom is 0.335 e. The summed E-state index contributed by atoms with van der Waals surface area (Å²) >= 11 is 1.22. The van der Waals surface area contributed by atoms with Crippen molar-refractivity contribution in [1.29, 1.82) is 0 Å². The third-order valence-electron chi connectivity index (χ3n) is 5.97. The molecule has 0 saturated carbocycles. The first kappa shape index (κ1) is 26.0. The van der Waals surface area contributed by atoms with Gasteiger partial charge in [-0.15, -0.1) is 0 Å². The van der Waals surface area contributed by atoms with Crippen LogP contribution in [0.5, 0.6) is 11.5 Å². The van der Waals surface area contributed by atoms with Crippen LogP contribution in [-0.2, 0) is 12.8 Å². The summed E-state index contributed by atoms with van der Waals surface area (Å²) in [6.45, 7) is 0. The largest absolute Gasteiger partial charge is 0.493 e. The molecule has 0 radical (unpaired) electrons. The van der Waals surface area contributed by atoms with Gasteiger partial charge in [-0.2, -0.15) is 0 Å². The molecule has 0 bridgehead atoms. The molecule has 0 atom stereocenters. The van der Waals surface area contributed by atoms with Crippen molar-refractivity contribution in [3.05, 3.63) is 83.6 Å². The molecular weight excluding hydrogens is 500 g/mol. The highest BCUT2D eigenvalue weighted by Crippen LogP contribution is 2.35. The third kappa shape index (κ3) is 5.39. The lowest BCUT2D eigenvalue weighted by atomic mass is 10.0. The second kappa shape index (κ2) is 10.9. The first-order valence-electron chi connectivity index (χ1n) is 11.2. The van der Waals surface area contributed by atoms with Gasteiger partial charge in [0, 0.05) is 37.2 Å². The fraction of sp³-hybridized carbons (Fsp3) is 0.185. The van der Waals surface area contributed by atoms with Crippen molar-refractivity contribution < 1.29 is 28.2 Å². The summed E-state index contributed by atoms with van der Waals surface area (Å²) in [7, 11) is 6.86. The van der Waals surface area contributed by atoms with Crippen molar-refractivity contribution in [2.75, 3.05) is 26.2 Å². The summed E-state index contributed by atoms with van der Waals surface area (Å²) in [4.78, 5) is 17.4. The number of hydrogen-bond acceptors (Lipinski definition) is 6. The smallest absolute Gasteiger partial charge is 0.335 e. The van der Waals surface area contributed by atoms with Gasteiger partial charge < -0.3 is 24.0 Å². The van der Waals surface area contributed by atoms with Crippen LogP contribution in [0.3, 0.4) is 0 Å². The number of anilines is 2. The Kier molecular flexibility index (Phi) is 7.68. The summed E-state index contributed by atoms with van der Waals surface area (Å²) in [5.41, 5.74) is 1.74. The number of carboxylic acid groups (broad SMARTS) is 1. The van der Waals surface area contributed by atoms with Gasteiger partial charge in [-0.1, -0.05) is 23.9 Å². The van der Waals surface area contributed by atoms with Crippen molar-refractivity contribution >= 4 is 29.2 Å². The first-order valence-corrected chi connectivity index (χ1v) is 12.1. The lowest BCUT2D eigenvalue weighted by Gasteiger charge is -2.21. The molecular formula is C27H25F2N3O4S. The Balaban J connectivity index is 1.51. The van der Waals surface area contributed by atoms with Crippen LogP contribution in [0, 0.1) is 11.6 Å². The topological polar surface area (TPSA) is 76.8 Å². The SMILES string of the molecule is COc1ccc(N(C)c2cnc(SCc3c(F)cc(-c4ccc(C(=O)O)cc4)cc3F)n2C)cc1OC. The summed E-state index contributed by atoms with van der Waals surface area (Å²) < 4.78 is 42.3. The highest BCUT2D eigenvalue weighted by Gasteiger charge is 2.18. The molecule has 0 aliphatic rings. The average molecular weight is 526 g/mol. The zero-order chi connectivity index (χ0) is 26.7. The van der Waals surface area contributed by atoms with Gasteiger partial charge >= 0.3 is 5.97 Å². The molecule has 1 N–H and O–H groups in total. The number of carbonyl (C=O) groups is 1. The zero-order valence-corrected chi connectivity index (χ0v) is 21.5. The Hall–Kier alpha value is -4.05. The number of benzene rings is 3. The van der Waals surface area contributed by atoms with Crippen LogP contribution in [0.1, 0.15) is 15.9 Å². The van der Waals surface area contributed by atoms with E-state index in [1.165, 1.54) is 48.2 Å². The van der Waals surface area contributed by atoms with E-state index in [0.717, 1.165) is 11.5 Å². The van der Waals surface area contributed by atoms with Crippen LogP contribution in [0.25, 0.3) is 11.1 Å². The molecule has 0 aliphatic carbocycles. The van der Waals surface area contributed by atoms with E-state index in [-0.39, 0.29) is 16.9 Å². The normalized spacial score (nSPS) is 10.9. The Morgan fingerprint density at radius 1 is 1.00 bits per heavy atom. The molecule has 0 aliphatic heterocycles. The quantitative estimate of drug-likeness (QED) is 0.263. The fourth-order valence-corrected chi connectivity index (χ4v) is 4.81. The number of methoxy groups -OCH3 is 2. The number of hydrogen-bond donors (Lipinski definition) is 1. The minimum absolute atomic E-state index is 0.0419. The van der Waals surface area contributed by atoms with Crippen LogP contribution in [0.2, 0.25) is 0 Å². The predicted molar refractivity (Wildman–Crippen MR) is 139 cm³/mol. The molecule has 4 rings (SSSR count). The van der Waals surface area contributed by atoms with Gasteiger partial charge in [-0.25, -0.2) is 18.6 Å². The highest BCUT2D eigenvalue weighted by atomic mass is 32.2. The number of nitrogens with zero attached hydrogens (tertiary/aromatic N) is 3. The summed E-state index contributed by atoms with van der Waals surface area (Å²) in [5.74, 6) is -0.396. The number of imidazole rings is 1. The predicted octanol–water partition coefficient (Wildman–Crippen LogP) is 6.14. The van der Waals surface area contributed by atoms with E-state index in [4.69, 9.17) is 14.6 Å². The van der Waals surface area contributed by atoms with Crippen LogP contribution in [0.15, 0.2) is 66.0 Å². The minimum Gasteiger partial charge on any atom is -0.493 e. The van der Waals surface area contributed by atoms with Gasteiger partial charge in [0.2, 0.25) is 0 Å². The van der Waals surface area contributed by atoms with Crippen LogP contribution in [0.4, 0.5) is 20.3 Å². The Bertz CT molecular complexity index is 1420. The van der Waals surface area contributed by atoms with Crippen LogP contribution >= 0.6 is 11.8 Å². The molecule has 1 aromatic heterocycles. The maximum atomic E-state index is 14.9. The van der Waals surface area contributed by atoms with E-state index in [0.29, 0.717) is 27.8 Å². The lowest BCUT2D eigenvalue weighted by Crippen LogP contribution is -2.13. The van der Waals surface area contributed by atoms with E-state index in [1.807, 2.05) is 41.8 Å². The second-order valence-corrected chi connectivity index (χ2v) is 9.09. The van der Waals surface area contributed by atoms with Gasteiger partial charge in [0.15, 0.2) is 16.7 Å². The molecule has 10 heteroatoms. The summed E-state index contributed by atoms with van der Waals surface area (Å²) in [5, 5.41) is 9.62. The van der Waals surface area contributed by atoms with Gasteiger partial charge in [0.1, 0.15) is 17.5 Å². The standard InChI is InChI=1S/C27H25F2N3O4S/c1-31(19-9-10-23(35-3)24(13-19)36-4)25-14-30-27(32(25)2)37-15-20-21(28)11-18(12-22(20)29)16-5-7-17(8-6-16)26(33)34/h5-14H,15H2,1-4H3,(H,33,34). The lowest BCUT2D eigenvalue weighted by molar-refractivity contribution is 0.0697. The van der Waals surface area contributed by atoms with Crippen molar-refractivity contribution in [3.63, 3.8) is 0 Å². The molecule has 37 heavy (non-hydrogen) atoms. The number of aromatic carboxylic acids is 1. The number of halogens is 2. The number of ether oxygens (including phenoxy) is 2. The molecule has 0 unspecified atom stereocenters. The monoisotopic (exact) mass is 525 g/mol. The van der Waals surface area contributed by atoms with Crippen LogP contribution in [-0.4, -0.2) is 41.9 Å². The van der Waals surface area contributed by atoms with Gasteiger partial charge in [0.25, 0.3) is 0 Å². The third-order valence-corrected chi connectivity index (χ3v) is 7.04. The van der Waals surface area contributed by atoms with E-state index in [9.17, 15) is 13.6 Å². The molecule has 0 saturated heterocycles. The van der Waals surface area contributed by atoms with Crippen LogP contribution < -0.4 is 14.4 Å². The molecule has 0 amide bonds. The zero-order valence-electron chi connectivity index (χ0n) is 20.7. The molecule has 1 heterocycles. The number of rotatable bonds is 9.